The van der Waals surface area contributed by atoms with Crippen LogP contribution in [-0.4, -0.2) is 36.1 Å². The minimum absolute atomic E-state index is 0.0463. The first-order chi connectivity index (χ1) is 7.73. The number of amides is 2. The Balaban J connectivity index is 2.73. The van der Waals surface area contributed by atoms with E-state index in [-0.39, 0.29) is 17.4 Å². The fraction of sp³-hybridized carbons (Fsp3) is 0.833. The third kappa shape index (κ3) is 4.34. The SMILES string of the molecule is CC1(C)CCOC(C)(C)C(=O)NCCC(=O)N1. The molecule has 1 heterocycles. The number of nitrogens with one attached hydrogen (secondary N) is 2. The molecule has 0 saturated carbocycles. The van der Waals surface area contributed by atoms with Gasteiger partial charge in [-0.15, -0.1) is 0 Å². The van der Waals surface area contributed by atoms with Crippen molar-refractivity contribution in [1.29, 1.82) is 0 Å². The molecule has 2 amide bonds. The van der Waals surface area contributed by atoms with Gasteiger partial charge in [0.05, 0.1) is 6.61 Å². The minimum Gasteiger partial charge on any atom is -0.366 e. The van der Waals surface area contributed by atoms with E-state index in [2.05, 4.69) is 10.6 Å². The first kappa shape index (κ1) is 14.0. The maximum Gasteiger partial charge on any atom is 0.251 e. The van der Waals surface area contributed by atoms with Gasteiger partial charge in [0.15, 0.2) is 0 Å². The standard InChI is InChI=1S/C12H22N2O3/c1-11(2)6-8-17-12(3,4)10(16)13-7-5-9(15)14-11/h5-8H2,1-4H3,(H,13,16)(H,14,15). The Morgan fingerprint density at radius 3 is 2.47 bits per heavy atom. The van der Waals surface area contributed by atoms with E-state index >= 15 is 0 Å². The summed E-state index contributed by atoms with van der Waals surface area (Å²) in [4.78, 5) is 23.4. The van der Waals surface area contributed by atoms with Crippen molar-refractivity contribution in [3.8, 4) is 0 Å². The summed E-state index contributed by atoms with van der Waals surface area (Å²) in [6.45, 7) is 8.16. The number of ether oxygens (including phenoxy) is 1. The molecule has 0 aromatic carbocycles. The highest BCUT2D eigenvalue weighted by Gasteiger charge is 2.30. The molecule has 0 aliphatic carbocycles. The Bertz CT molecular complexity index is 311. The number of carbonyl (C=O) groups is 2. The fourth-order valence-corrected chi connectivity index (χ4v) is 1.63. The molecule has 5 nitrogen and oxygen atoms in total. The molecule has 98 valence electrons. The van der Waals surface area contributed by atoms with Gasteiger partial charge in [-0.3, -0.25) is 9.59 Å². The van der Waals surface area contributed by atoms with Gasteiger partial charge < -0.3 is 15.4 Å². The van der Waals surface area contributed by atoms with Crippen LogP contribution < -0.4 is 10.6 Å². The van der Waals surface area contributed by atoms with Gasteiger partial charge in [-0.05, 0) is 34.1 Å². The molecule has 1 fully saturated rings. The number of hydrogen-bond acceptors (Lipinski definition) is 3. The zero-order valence-electron chi connectivity index (χ0n) is 11.1. The van der Waals surface area contributed by atoms with Crippen molar-refractivity contribution in [3.63, 3.8) is 0 Å². The van der Waals surface area contributed by atoms with Gasteiger partial charge in [0.1, 0.15) is 5.60 Å². The molecular weight excluding hydrogens is 220 g/mol. The van der Waals surface area contributed by atoms with E-state index in [1.54, 1.807) is 13.8 Å². The van der Waals surface area contributed by atoms with E-state index in [1.807, 2.05) is 13.8 Å². The van der Waals surface area contributed by atoms with Crippen molar-refractivity contribution in [2.75, 3.05) is 13.2 Å². The van der Waals surface area contributed by atoms with Gasteiger partial charge >= 0.3 is 0 Å². The molecular formula is C12H22N2O3. The molecule has 0 unspecified atom stereocenters. The van der Waals surface area contributed by atoms with Crippen LogP contribution >= 0.6 is 0 Å². The van der Waals surface area contributed by atoms with Crippen LogP contribution in [0.5, 0.6) is 0 Å². The van der Waals surface area contributed by atoms with Crippen molar-refractivity contribution in [2.24, 2.45) is 0 Å². The molecule has 0 spiro atoms. The summed E-state index contributed by atoms with van der Waals surface area (Å²) in [6.07, 6.45) is 0.973. The quantitative estimate of drug-likeness (QED) is 0.653. The second-order valence-corrected chi connectivity index (χ2v) is 5.55. The Kier molecular flexibility index (Phi) is 4.14. The second-order valence-electron chi connectivity index (χ2n) is 5.55. The monoisotopic (exact) mass is 242 g/mol. The molecule has 17 heavy (non-hydrogen) atoms. The maximum atomic E-state index is 11.8. The van der Waals surface area contributed by atoms with Gasteiger partial charge in [-0.25, -0.2) is 0 Å². The van der Waals surface area contributed by atoms with E-state index in [0.717, 1.165) is 0 Å². The van der Waals surface area contributed by atoms with E-state index in [1.165, 1.54) is 0 Å². The Morgan fingerprint density at radius 2 is 1.82 bits per heavy atom. The van der Waals surface area contributed by atoms with Crippen molar-refractivity contribution >= 4 is 11.8 Å². The van der Waals surface area contributed by atoms with Crippen LogP contribution in [0.4, 0.5) is 0 Å². The molecule has 0 bridgehead atoms. The van der Waals surface area contributed by atoms with Crippen molar-refractivity contribution in [2.45, 2.75) is 51.7 Å². The Labute approximate surface area is 102 Å². The Morgan fingerprint density at radius 1 is 1.18 bits per heavy atom. The largest absolute Gasteiger partial charge is 0.366 e. The van der Waals surface area contributed by atoms with Gasteiger partial charge in [0.25, 0.3) is 5.91 Å². The second kappa shape index (κ2) is 5.04. The van der Waals surface area contributed by atoms with Crippen molar-refractivity contribution in [3.05, 3.63) is 0 Å². The topological polar surface area (TPSA) is 67.4 Å². The summed E-state index contributed by atoms with van der Waals surface area (Å²) in [5.41, 5.74) is -1.15. The molecule has 1 saturated heterocycles. The van der Waals surface area contributed by atoms with Crippen molar-refractivity contribution < 1.29 is 14.3 Å². The van der Waals surface area contributed by atoms with Crippen LogP contribution in [0.25, 0.3) is 0 Å². The summed E-state index contributed by atoms with van der Waals surface area (Å²) in [7, 11) is 0. The predicted molar refractivity (Wildman–Crippen MR) is 64.5 cm³/mol. The third-order valence-electron chi connectivity index (χ3n) is 2.85. The molecule has 1 aliphatic heterocycles. The van der Waals surface area contributed by atoms with Gasteiger partial charge in [0, 0.05) is 18.5 Å². The van der Waals surface area contributed by atoms with Crippen LogP contribution in [0, 0.1) is 0 Å². The zero-order chi connectivity index (χ0) is 13.1. The van der Waals surface area contributed by atoms with E-state index in [4.69, 9.17) is 4.74 Å². The molecule has 2 N–H and O–H groups in total. The first-order valence-corrected chi connectivity index (χ1v) is 5.96. The first-order valence-electron chi connectivity index (χ1n) is 5.96. The van der Waals surface area contributed by atoms with Gasteiger partial charge in [0.2, 0.25) is 5.91 Å². The van der Waals surface area contributed by atoms with Crippen LogP contribution in [-0.2, 0) is 14.3 Å². The molecule has 0 atom stereocenters. The fourth-order valence-electron chi connectivity index (χ4n) is 1.63. The van der Waals surface area contributed by atoms with Crippen molar-refractivity contribution in [1.82, 2.24) is 10.6 Å². The minimum atomic E-state index is -0.844. The van der Waals surface area contributed by atoms with E-state index in [9.17, 15) is 9.59 Å². The van der Waals surface area contributed by atoms with Crippen LogP contribution in [0.1, 0.15) is 40.5 Å². The molecule has 1 aliphatic rings. The summed E-state index contributed by atoms with van der Waals surface area (Å²) in [6, 6.07) is 0. The summed E-state index contributed by atoms with van der Waals surface area (Å²) < 4.78 is 5.58. The molecule has 5 heteroatoms. The molecule has 0 aromatic heterocycles. The number of rotatable bonds is 0. The third-order valence-corrected chi connectivity index (χ3v) is 2.85. The van der Waals surface area contributed by atoms with Crippen LogP contribution in [0.3, 0.4) is 0 Å². The van der Waals surface area contributed by atoms with Crippen LogP contribution in [0.15, 0.2) is 0 Å². The lowest BCUT2D eigenvalue weighted by molar-refractivity contribution is -0.143. The molecule has 1 rings (SSSR count). The summed E-state index contributed by atoms with van der Waals surface area (Å²) in [5.74, 6) is -0.222. The number of carbonyl (C=O) groups excluding carboxylic acids is 2. The highest BCUT2D eigenvalue weighted by atomic mass is 16.5. The van der Waals surface area contributed by atoms with Crippen LogP contribution in [0.2, 0.25) is 0 Å². The lowest BCUT2D eigenvalue weighted by atomic mass is 10.0. The average molecular weight is 242 g/mol. The number of hydrogen-bond donors (Lipinski definition) is 2. The normalized spacial score (nSPS) is 25.4. The molecule has 0 radical (unpaired) electrons. The Hall–Kier alpha value is -1.10. The highest BCUT2D eigenvalue weighted by molar-refractivity contribution is 5.85. The zero-order valence-corrected chi connectivity index (χ0v) is 11.1. The highest BCUT2D eigenvalue weighted by Crippen LogP contribution is 2.15. The lowest BCUT2D eigenvalue weighted by Gasteiger charge is -2.28. The van der Waals surface area contributed by atoms with E-state index in [0.29, 0.717) is 26.0 Å². The average Bonchev–Trinajstić information content (AvgIpc) is 2.15. The lowest BCUT2D eigenvalue weighted by Crippen LogP contribution is -2.45. The van der Waals surface area contributed by atoms with E-state index < -0.39 is 5.60 Å². The van der Waals surface area contributed by atoms with Gasteiger partial charge in [-0.1, -0.05) is 0 Å². The maximum absolute atomic E-state index is 11.8. The molecule has 0 aromatic rings. The smallest absolute Gasteiger partial charge is 0.251 e. The predicted octanol–water partition coefficient (Wildman–Crippen LogP) is 0.586. The summed E-state index contributed by atoms with van der Waals surface area (Å²) in [5, 5.41) is 5.63. The summed E-state index contributed by atoms with van der Waals surface area (Å²) >= 11 is 0. The van der Waals surface area contributed by atoms with Gasteiger partial charge in [-0.2, -0.15) is 0 Å².